The van der Waals surface area contributed by atoms with E-state index >= 15 is 0 Å². The second kappa shape index (κ2) is 11.7. The highest BCUT2D eigenvalue weighted by Gasteiger charge is 2.39. The summed E-state index contributed by atoms with van der Waals surface area (Å²) in [5.41, 5.74) is 1.94. The maximum absolute atomic E-state index is 13.0. The Morgan fingerprint density at radius 2 is 1.64 bits per heavy atom. The summed E-state index contributed by atoms with van der Waals surface area (Å²) in [6.45, 7) is 9.25. The number of carbonyl (C=O) groups excluding carboxylic acids is 1. The summed E-state index contributed by atoms with van der Waals surface area (Å²) < 4.78 is 5.86. The van der Waals surface area contributed by atoms with Crippen molar-refractivity contribution in [2.24, 2.45) is 0 Å². The van der Waals surface area contributed by atoms with Gasteiger partial charge in [-0.2, -0.15) is 0 Å². The Hall–Kier alpha value is -2.37. The third-order valence-corrected chi connectivity index (χ3v) is 7.31. The highest BCUT2D eigenvalue weighted by molar-refractivity contribution is 5.94. The summed E-state index contributed by atoms with van der Waals surface area (Å²) >= 11 is 0. The van der Waals surface area contributed by atoms with E-state index in [4.69, 9.17) is 4.74 Å². The number of benzene rings is 2. The van der Waals surface area contributed by atoms with Crippen molar-refractivity contribution in [3.63, 3.8) is 0 Å². The van der Waals surface area contributed by atoms with Gasteiger partial charge in [0.25, 0.3) is 5.91 Å². The minimum absolute atomic E-state index is 0.0131. The Labute approximate surface area is 199 Å². The fraction of sp³-hybridized carbons (Fsp3) is 0.536. The number of amides is 1. The van der Waals surface area contributed by atoms with Crippen molar-refractivity contribution < 1.29 is 9.53 Å². The standard InChI is InChI=1S/C28H39N3O2/c1-2-17-30-18-20-31(21-19-30)28(15-7-4-8-16-28)23-29-27(32)25-11-13-26(14-12-25)33-22-24-9-5-3-6-10-24/h3,5-6,9-14H,2,4,7-8,15-23H2,1H3,(H,29,32). The number of piperazine rings is 1. The van der Waals surface area contributed by atoms with Crippen LogP contribution >= 0.6 is 0 Å². The number of nitrogens with zero attached hydrogens (tertiary/aromatic N) is 2. The van der Waals surface area contributed by atoms with E-state index in [1.807, 2.05) is 54.6 Å². The van der Waals surface area contributed by atoms with Gasteiger partial charge in [0.2, 0.25) is 0 Å². The van der Waals surface area contributed by atoms with Crippen LogP contribution in [0.15, 0.2) is 54.6 Å². The molecule has 2 fully saturated rings. The lowest BCUT2D eigenvalue weighted by molar-refractivity contribution is 0.00807. The predicted octanol–water partition coefficient (Wildman–Crippen LogP) is 4.73. The average Bonchev–Trinajstić information content (AvgIpc) is 2.88. The molecule has 1 heterocycles. The molecule has 33 heavy (non-hydrogen) atoms. The smallest absolute Gasteiger partial charge is 0.251 e. The monoisotopic (exact) mass is 449 g/mol. The molecule has 5 nitrogen and oxygen atoms in total. The zero-order valence-corrected chi connectivity index (χ0v) is 20.1. The number of hydrogen-bond acceptors (Lipinski definition) is 4. The van der Waals surface area contributed by atoms with E-state index in [-0.39, 0.29) is 11.4 Å². The first kappa shape index (κ1) is 23.8. The summed E-state index contributed by atoms with van der Waals surface area (Å²) in [5, 5.41) is 3.29. The van der Waals surface area contributed by atoms with Gasteiger partial charge in [-0.15, -0.1) is 0 Å². The van der Waals surface area contributed by atoms with Crippen LogP contribution in [-0.2, 0) is 6.61 Å². The van der Waals surface area contributed by atoms with Crippen LogP contribution in [-0.4, -0.2) is 60.5 Å². The van der Waals surface area contributed by atoms with Crippen LogP contribution in [0.5, 0.6) is 5.75 Å². The van der Waals surface area contributed by atoms with Crippen LogP contribution < -0.4 is 10.1 Å². The molecule has 1 N–H and O–H groups in total. The first-order chi connectivity index (χ1) is 16.2. The van der Waals surface area contributed by atoms with Crippen molar-refractivity contribution in [3.8, 4) is 5.75 Å². The van der Waals surface area contributed by atoms with E-state index in [1.54, 1.807) is 0 Å². The number of carbonyl (C=O) groups is 1. The largest absolute Gasteiger partial charge is 0.489 e. The van der Waals surface area contributed by atoms with Crippen molar-refractivity contribution >= 4 is 5.91 Å². The molecular weight excluding hydrogens is 410 g/mol. The molecular formula is C28H39N3O2. The highest BCUT2D eigenvalue weighted by Crippen LogP contribution is 2.34. The lowest BCUT2D eigenvalue weighted by Gasteiger charge is -2.50. The SMILES string of the molecule is CCCN1CCN(C2(CNC(=O)c3ccc(OCc4ccccc4)cc3)CCCCC2)CC1. The highest BCUT2D eigenvalue weighted by atomic mass is 16.5. The minimum Gasteiger partial charge on any atom is -0.489 e. The maximum atomic E-state index is 13.0. The molecule has 2 aromatic rings. The van der Waals surface area contributed by atoms with Crippen LogP contribution in [0.2, 0.25) is 0 Å². The third kappa shape index (κ3) is 6.36. The Kier molecular flexibility index (Phi) is 8.40. The summed E-state index contributed by atoms with van der Waals surface area (Å²) in [5.74, 6) is 0.795. The quantitative estimate of drug-likeness (QED) is 0.601. The lowest BCUT2D eigenvalue weighted by Crippen LogP contribution is -2.61. The molecule has 0 spiro atoms. The number of rotatable bonds is 9. The molecule has 1 aliphatic carbocycles. The summed E-state index contributed by atoms with van der Waals surface area (Å²) in [6, 6.07) is 17.6. The molecule has 0 radical (unpaired) electrons. The molecule has 4 rings (SSSR count). The molecule has 2 aromatic carbocycles. The van der Waals surface area contributed by atoms with E-state index in [0.29, 0.717) is 12.2 Å². The van der Waals surface area contributed by atoms with Crippen LogP contribution in [0.25, 0.3) is 0 Å². The van der Waals surface area contributed by atoms with E-state index < -0.39 is 0 Å². The molecule has 0 atom stereocenters. The fourth-order valence-electron chi connectivity index (χ4n) is 5.37. The molecule has 2 aliphatic rings. The van der Waals surface area contributed by atoms with Crippen molar-refractivity contribution in [2.75, 3.05) is 39.3 Å². The maximum Gasteiger partial charge on any atom is 0.251 e. The Bertz CT molecular complexity index is 854. The fourth-order valence-corrected chi connectivity index (χ4v) is 5.37. The van der Waals surface area contributed by atoms with Gasteiger partial charge < -0.3 is 15.0 Å². The van der Waals surface area contributed by atoms with Crippen LogP contribution in [0.4, 0.5) is 0 Å². The van der Waals surface area contributed by atoms with Crippen molar-refractivity contribution in [1.82, 2.24) is 15.1 Å². The van der Waals surface area contributed by atoms with Gasteiger partial charge in [-0.1, -0.05) is 56.5 Å². The molecule has 5 heteroatoms. The van der Waals surface area contributed by atoms with E-state index in [2.05, 4.69) is 22.0 Å². The molecule has 1 saturated carbocycles. The summed E-state index contributed by atoms with van der Waals surface area (Å²) in [7, 11) is 0. The second-order valence-electron chi connectivity index (χ2n) is 9.60. The minimum atomic E-state index is 0.0131. The van der Waals surface area contributed by atoms with E-state index in [1.165, 1.54) is 45.1 Å². The van der Waals surface area contributed by atoms with Gasteiger partial charge >= 0.3 is 0 Å². The van der Waals surface area contributed by atoms with Crippen LogP contribution in [0.3, 0.4) is 0 Å². The lowest BCUT2D eigenvalue weighted by atomic mass is 9.79. The molecule has 1 saturated heterocycles. The van der Waals surface area contributed by atoms with E-state index in [0.717, 1.165) is 44.0 Å². The first-order valence-corrected chi connectivity index (χ1v) is 12.7. The van der Waals surface area contributed by atoms with Crippen molar-refractivity contribution in [2.45, 2.75) is 57.6 Å². The van der Waals surface area contributed by atoms with E-state index in [9.17, 15) is 4.79 Å². The normalized spacial score (nSPS) is 19.2. The zero-order chi connectivity index (χ0) is 22.9. The molecule has 1 amide bonds. The molecule has 0 unspecified atom stereocenters. The van der Waals surface area contributed by atoms with Gasteiger partial charge in [-0.3, -0.25) is 9.69 Å². The van der Waals surface area contributed by atoms with Crippen molar-refractivity contribution in [3.05, 3.63) is 65.7 Å². The topological polar surface area (TPSA) is 44.8 Å². The molecule has 1 aliphatic heterocycles. The van der Waals surface area contributed by atoms with Crippen molar-refractivity contribution in [1.29, 1.82) is 0 Å². The van der Waals surface area contributed by atoms with Gasteiger partial charge in [0.15, 0.2) is 0 Å². The van der Waals surface area contributed by atoms with Gasteiger partial charge in [0, 0.05) is 43.8 Å². The average molecular weight is 450 g/mol. The first-order valence-electron chi connectivity index (χ1n) is 12.7. The Balaban J connectivity index is 1.32. The Morgan fingerprint density at radius 1 is 0.939 bits per heavy atom. The molecule has 0 bridgehead atoms. The summed E-state index contributed by atoms with van der Waals surface area (Å²) in [4.78, 5) is 18.2. The van der Waals surface area contributed by atoms with Gasteiger partial charge in [0.1, 0.15) is 12.4 Å². The van der Waals surface area contributed by atoms with Crippen LogP contribution in [0, 0.1) is 0 Å². The third-order valence-electron chi connectivity index (χ3n) is 7.31. The molecule has 0 aromatic heterocycles. The van der Waals surface area contributed by atoms with Gasteiger partial charge in [-0.05, 0) is 55.6 Å². The zero-order valence-electron chi connectivity index (χ0n) is 20.1. The van der Waals surface area contributed by atoms with Crippen LogP contribution in [0.1, 0.15) is 61.4 Å². The predicted molar refractivity (Wildman–Crippen MR) is 134 cm³/mol. The number of ether oxygens (including phenoxy) is 1. The van der Waals surface area contributed by atoms with Gasteiger partial charge in [0.05, 0.1) is 0 Å². The second-order valence-corrected chi connectivity index (χ2v) is 9.60. The van der Waals surface area contributed by atoms with Gasteiger partial charge in [-0.25, -0.2) is 0 Å². The summed E-state index contributed by atoms with van der Waals surface area (Å²) in [6.07, 6.45) is 7.44. The Morgan fingerprint density at radius 3 is 2.30 bits per heavy atom. The number of hydrogen-bond donors (Lipinski definition) is 1. The molecule has 178 valence electrons. The number of nitrogens with one attached hydrogen (secondary N) is 1.